The van der Waals surface area contributed by atoms with Crippen molar-refractivity contribution in [2.45, 2.75) is 350 Å². The summed E-state index contributed by atoms with van der Waals surface area (Å²) in [5, 5.41) is 10.6. The van der Waals surface area contributed by atoms with Crippen LogP contribution in [0.15, 0.2) is 12.1 Å². The lowest BCUT2D eigenvalue weighted by atomic mass is 9.94. The van der Waals surface area contributed by atoms with Gasteiger partial charge in [-0.25, -0.2) is 4.79 Å². The molecule has 5 heteroatoms. The fourth-order valence-electron chi connectivity index (χ4n) is 10.9. The molecule has 0 heterocycles. The Labute approximate surface area is 450 Å². The standard InChI is InChI=1S/C67H126O5/c1-7-13-19-25-31-34-40-46-51-60(49-43-37-28-22-16-10-4)57-70-64-55-63(67(68)69)56-65(71-58-61(50-44-38-29-23-17-11-5)52-47-41-35-32-26-20-14-8-2)66(64)72-59-62(53-45-39-30-24-18-12-6)54-48-42-36-33-27-21-15-9-3/h55-56,60-62H,7-54,57-59H2,1-6H3,(H,68,69). The van der Waals surface area contributed by atoms with Gasteiger partial charge in [-0.3, -0.25) is 0 Å². The van der Waals surface area contributed by atoms with Gasteiger partial charge in [-0.15, -0.1) is 0 Å². The fraction of sp³-hybridized carbons (Fsp3) is 0.896. The Bertz CT molecular complexity index is 1210. The fourth-order valence-corrected chi connectivity index (χ4v) is 10.9. The Balaban J connectivity index is 3.49. The minimum atomic E-state index is -0.933. The molecule has 0 spiro atoms. The predicted molar refractivity (Wildman–Crippen MR) is 316 cm³/mol. The molecule has 72 heavy (non-hydrogen) atoms. The third kappa shape index (κ3) is 40.4. The zero-order chi connectivity index (χ0) is 52.2. The molecule has 3 atom stereocenters. The van der Waals surface area contributed by atoms with Gasteiger partial charge in [-0.1, -0.05) is 311 Å². The molecule has 0 amide bonds. The number of benzene rings is 1. The summed E-state index contributed by atoms with van der Waals surface area (Å²) >= 11 is 0. The van der Waals surface area contributed by atoms with E-state index in [1.165, 1.54) is 308 Å². The van der Waals surface area contributed by atoms with E-state index < -0.39 is 5.97 Å². The highest BCUT2D eigenvalue weighted by molar-refractivity contribution is 5.89. The minimum absolute atomic E-state index is 0.237. The van der Waals surface area contributed by atoms with E-state index in [2.05, 4.69) is 41.5 Å². The van der Waals surface area contributed by atoms with Gasteiger partial charge in [0.25, 0.3) is 0 Å². The van der Waals surface area contributed by atoms with E-state index >= 15 is 0 Å². The molecule has 1 N–H and O–H groups in total. The molecule has 0 aliphatic carbocycles. The summed E-state index contributed by atoms with van der Waals surface area (Å²) in [5.74, 6) is 2.22. The number of carboxylic acids is 1. The Kier molecular flexibility index (Phi) is 49.7. The highest BCUT2D eigenvalue weighted by Crippen LogP contribution is 2.41. The van der Waals surface area contributed by atoms with Gasteiger partial charge < -0.3 is 19.3 Å². The van der Waals surface area contributed by atoms with Gasteiger partial charge in [0.15, 0.2) is 11.5 Å². The summed E-state index contributed by atoms with van der Waals surface area (Å²) in [6.45, 7) is 15.6. The van der Waals surface area contributed by atoms with Crippen LogP contribution < -0.4 is 14.2 Å². The molecular weight excluding hydrogens is 885 g/mol. The first-order valence-corrected chi connectivity index (χ1v) is 32.7. The maximum absolute atomic E-state index is 12.9. The summed E-state index contributed by atoms with van der Waals surface area (Å²) in [7, 11) is 0. The molecule has 0 fully saturated rings. The van der Waals surface area contributed by atoms with Crippen molar-refractivity contribution in [1.82, 2.24) is 0 Å². The van der Waals surface area contributed by atoms with Crippen LogP contribution in [0.3, 0.4) is 0 Å². The first kappa shape index (κ1) is 68.1. The van der Waals surface area contributed by atoms with Crippen molar-refractivity contribution >= 4 is 5.97 Å². The Morgan fingerprint density at radius 2 is 0.514 bits per heavy atom. The van der Waals surface area contributed by atoms with Gasteiger partial charge in [-0.2, -0.15) is 0 Å². The largest absolute Gasteiger partial charge is 0.489 e. The molecule has 0 aliphatic heterocycles. The van der Waals surface area contributed by atoms with E-state index in [0.29, 0.717) is 54.8 Å². The summed E-state index contributed by atoms with van der Waals surface area (Å²) < 4.78 is 21.0. The highest BCUT2D eigenvalue weighted by atomic mass is 16.5. The van der Waals surface area contributed by atoms with Crippen molar-refractivity contribution in [3.8, 4) is 17.2 Å². The number of aromatic carboxylic acids is 1. The molecule has 1 aromatic carbocycles. The molecule has 0 saturated carbocycles. The summed E-state index contributed by atoms with van der Waals surface area (Å²) in [5.41, 5.74) is 0.237. The van der Waals surface area contributed by atoms with Gasteiger partial charge >= 0.3 is 5.97 Å². The zero-order valence-electron chi connectivity index (χ0n) is 49.5. The highest BCUT2D eigenvalue weighted by Gasteiger charge is 2.23. The van der Waals surface area contributed by atoms with Crippen LogP contribution in [-0.2, 0) is 0 Å². The van der Waals surface area contributed by atoms with Crippen molar-refractivity contribution in [2.75, 3.05) is 19.8 Å². The van der Waals surface area contributed by atoms with Crippen LogP contribution in [0.5, 0.6) is 17.2 Å². The van der Waals surface area contributed by atoms with E-state index in [9.17, 15) is 9.90 Å². The van der Waals surface area contributed by atoms with E-state index in [-0.39, 0.29) is 5.56 Å². The second-order valence-electron chi connectivity index (χ2n) is 23.1. The predicted octanol–water partition coefficient (Wildman–Crippen LogP) is 23.2. The lowest BCUT2D eigenvalue weighted by Gasteiger charge is -2.24. The van der Waals surface area contributed by atoms with Gasteiger partial charge in [0.05, 0.1) is 25.4 Å². The average Bonchev–Trinajstić information content (AvgIpc) is 3.38. The monoisotopic (exact) mass is 1010 g/mol. The minimum Gasteiger partial charge on any atom is -0.489 e. The van der Waals surface area contributed by atoms with Crippen molar-refractivity contribution in [3.05, 3.63) is 17.7 Å². The lowest BCUT2D eigenvalue weighted by Crippen LogP contribution is -2.18. The first-order valence-electron chi connectivity index (χ1n) is 32.7. The summed E-state index contributed by atoms with van der Waals surface area (Å²) in [4.78, 5) is 12.9. The molecule has 0 bridgehead atoms. The third-order valence-electron chi connectivity index (χ3n) is 16.0. The van der Waals surface area contributed by atoms with Gasteiger partial charge in [0.2, 0.25) is 5.75 Å². The van der Waals surface area contributed by atoms with Crippen LogP contribution in [0.2, 0.25) is 0 Å². The number of ether oxygens (including phenoxy) is 3. The molecule has 1 aromatic rings. The normalized spacial score (nSPS) is 12.9. The zero-order valence-corrected chi connectivity index (χ0v) is 49.5. The van der Waals surface area contributed by atoms with E-state index in [1.54, 1.807) is 12.1 Å². The van der Waals surface area contributed by atoms with Crippen LogP contribution in [0, 0.1) is 17.8 Å². The van der Waals surface area contributed by atoms with Crippen molar-refractivity contribution in [2.24, 2.45) is 17.8 Å². The van der Waals surface area contributed by atoms with Crippen LogP contribution in [0.4, 0.5) is 0 Å². The molecule has 424 valence electrons. The van der Waals surface area contributed by atoms with Crippen molar-refractivity contribution in [1.29, 1.82) is 0 Å². The molecule has 0 saturated heterocycles. The molecule has 1 rings (SSSR count). The second-order valence-corrected chi connectivity index (χ2v) is 23.1. The number of hydrogen-bond acceptors (Lipinski definition) is 4. The third-order valence-corrected chi connectivity index (χ3v) is 16.0. The Hall–Kier alpha value is -1.91. The molecule has 0 aliphatic rings. The maximum atomic E-state index is 12.9. The molecular formula is C67H126O5. The Morgan fingerprint density at radius 3 is 0.722 bits per heavy atom. The maximum Gasteiger partial charge on any atom is 0.335 e. The van der Waals surface area contributed by atoms with Gasteiger partial charge in [-0.05, 0) is 68.4 Å². The lowest BCUT2D eigenvalue weighted by molar-refractivity contribution is 0.0695. The number of carbonyl (C=O) groups is 1. The van der Waals surface area contributed by atoms with Crippen molar-refractivity contribution < 1.29 is 24.1 Å². The van der Waals surface area contributed by atoms with Crippen LogP contribution in [-0.4, -0.2) is 30.9 Å². The van der Waals surface area contributed by atoms with E-state index in [0.717, 1.165) is 0 Å². The van der Waals surface area contributed by atoms with E-state index in [1.807, 2.05) is 0 Å². The average molecular weight is 1010 g/mol. The number of unbranched alkanes of at least 4 members (excludes halogenated alkanes) is 36. The van der Waals surface area contributed by atoms with Crippen molar-refractivity contribution in [3.63, 3.8) is 0 Å². The van der Waals surface area contributed by atoms with Crippen LogP contribution in [0.25, 0.3) is 0 Å². The van der Waals surface area contributed by atoms with Gasteiger partial charge in [0, 0.05) is 0 Å². The molecule has 0 aromatic heterocycles. The topological polar surface area (TPSA) is 65.0 Å². The SMILES string of the molecule is CCCCCCCCCCC(CCCCCCCC)COc1cc(C(=O)O)cc(OCC(CCCCCCCC)CCCCCCCCCC)c1OCC(CCCCCCCC)CCCCCCCCCC. The molecule has 5 nitrogen and oxygen atoms in total. The summed E-state index contributed by atoms with van der Waals surface area (Å²) in [6.07, 6.45) is 62.2. The number of hydrogen-bond donors (Lipinski definition) is 1. The molecule has 3 unspecified atom stereocenters. The Morgan fingerprint density at radius 1 is 0.319 bits per heavy atom. The number of carboxylic acid groups (broad SMARTS) is 1. The molecule has 0 radical (unpaired) electrons. The summed E-state index contributed by atoms with van der Waals surface area (Å²) in [6, 6.07) is 3.52. The number of rotatable bonds is 58. The van der Waals surface area contributed by atoms with Crippen LogP contribution in [0.1, 0.15) is 360 Å². The van der Waals surface area contributed by atoms with Crippen LogP contribution >= 0.6 is 0 Å². The van der Waals surface area contributed by atoms with E-state index in [4.69, 9.17) is 14.2 Å². The second kappa shape index (κ2) is 52.5. The first-order chi connectivity index (χ1) is 35.4. The quantitative estimate of drug-likeness (QED) is 0.0659. The smallest absolute Gasteiger partial charge is 0.335 e. The van der Waals surface area contributed by atoms with Gasteiger partial charge in [0.1, 0.15) is 0 Å².